The van der Waals surface area contributed by atoms with Crippen LogP contribution in [0.5, 0.6) is 0 Å². The molecule has 0 saturated heterocycles. The maximum Gasteiger partial charge on any atom is 0.277 e. The monoisotopic (exact) mass is 302 g/mol. The zero-order valence-corrected chi connectivity index (χ0v) is 12.6. The van der Waals surface area contributed by atoms with Crippen LogP contribution in [0.1, 0.15) is 19.0 Å². The molecule has 0 unspecified atom stereocenters. The molecule has 1 N–H and O–H groups in total. The Balaban J connectivity index is 2.24. The van der Waals surface area contributed by atoms with Gasteiger partial charge in [-0.2, -0.15) is 5.10 Å². The molecule has 0 radical (unpaired) electrons. The lowest BCUT2D eigenvalue weighted by atomic mass is 10.2. The van der Waals surface area contributed by atoms with Gasteiger partial charge in [-0.3, -0.25) is 9.48 Å². The fraction of sp³-hybridized carbons (Fsp3) is 0.267. The Hall–Kier alpha value is -2.14. The minimum absolute atomic E-state index is 0.178. The highest BCUT2D eigenvalue weighted by atomic mass is 35.5. The van der Waals surface area contributed by atoms with Crippen molar-refractivity contribution >= 4 is 22.6 Å². The highest BCUT2D eigenvalue weighted by Gasteiger charge is 2.14. The van der Waals surface area contributed by atoms with Crippen molar-refractivity contribution in [1.82, 2.24) is 19.7 Å². The molecule has 3 aromatic rings. The van der Waals surface area contributed by atoms with Crippen LogP contribution in [-0.2, 0) is 13.5 Å². The van der Waals surface area contributed by atoms with Gasteiger partial charge < -0.3 is 4.98 Å². The molecule has 1 aromatic carbocycles. The molecule has 5 nitrogen and oxygen atoms in total. The SMILES string of the molecule is CCCc1nn(C)c2c(=O)[nH]c(-c3ccc(Cl)cc3)nc12. The molecule has 0 saturated carbocycles. The van der Waals surface area contributed by atoms with E-state index in [-0.39, 0.29) is 5.56 Å². The molecule has 0 aliphatic heterocycles. The summed E-state index contributed by atoms with van der Waals surface area (Å²) in [6.07, 6.45) is 1.75. The summed E-state index contributed by atoms with van der Waals surface area (Å²) in [5, 5.41) is 5.05. The average molecular weight is 303 g/mol. The molecular weight excluding hydrogens is 288 g/mol. The molecule has 0 aliphatic rings. The Morgan fingerprint density at radius 3 is 2.67 bits per heavy atom. The van der Waals surface area contributed by atoms with E-state index in [2.05, 4.69) is 22.0 Å². The first kappa shape index (κ1) is 13.8. The van der Waals surface area contributed by atoms with Gasteiger partial charge >= 0.3 is 0 Å². The fourth-order valence-electron chi connectivity index (χ4n) is 2.40. The zero-order chi connectivity index (χ0) is 15.0. The summed E-state index contributed by atoms with van der Waals surface area (Å²) >= 11 is 5.89. The second kappa shape index (κ2) is 5.33. The minimum atomic E-state index is -0.178. The Labute approximate surface area is 126 Å². The first-order chi connectivity index (χ1) is 10.1. The maximum absolute atomic E-state index is 12.3. The highest BCUT2D eigenvalue weighted by Crippen LogP contribution is 2.20. The molecule has 3 rings (SSSR count). The van der Waals surface area contributed by atoms with Crippen LogP contribution < -0.4 is 5.56 Å². The summed E-state index contributed by atoms with van der Waals surface area (Å²) in [6.45, 7) is 2.08. The number of benzene rings is 1. The number of fused-ring (bicyclic) bond motifs is 1. The van der Waals surface area contributed by atoms with E-state index in [9.17, 15) is 4.79 Å². The van der Waals surface area contributed by atoms with Gasteiger partial charge in [0.1, 0.15) is 11.3 Å². The lowest BCUT2D eigenvalue weighted by molar-refractivity contribution is 0.751. The van der Waals surface area contributed by atoms with E-state index in [1.165, 1.54) is 0 Å². The molecule has 0 atom stereocenters. The van der Waals surface area contributed by atoms with E-state index < -0.39 is 0 Å². The lowest BCUT2D eigenvalue weighted by Crippen LogP contribution is -2.12. The summed E-state index contributed by atoms with van der Waals surface area (Å²) in [5.41, 5.74) is 2.69. The van der Waals surface area contributed by atoms with Gasteiger partial charge in [-0.15, -0.1) is 0 Å². The van der Waals surface area contributed by atoms with Crippen LogP contribution in [0.3, 0.4) is 0 Å². The second-order valence-electron chi connectivity index (χ2n) is 4.94. The third-order valence-electron chi connectivity index (χ3n) is 3.37. The number of halogens is 1. The first-order valence-corrected chi connectivity index (χ1v) is 7.19. The van der Waals surface area contributed by atoms with Gasteiger partial charge in [-0.25, -0.2) is 4.98 Å². The fourth-order valence-corrected chi connectivity index (χ4v) is 2.52. The Morgan fingerprint density at radius 1 is 1.29 bits per heavy atom. The van der Waals surface area contributed by atoms with E-state index in [0.717, 1.165) is 24.1 Å². The molecule has 0 fully saturated rings. The Bertz CT molecular complexity index is 848. The van der Waals surface area contributed by atoms with Crippen molar-refractivity contribution in [2.45, 2.75) is 19.8 Å². The number of aromatic nitrogens is 4. The summed E-state index contributed by atoms with van der Waals surface area (Å²) in [5.74, 6) is 0.537. The standard InChI is InChI=1S/C15H15ClN4O/c1-3-4-11-12-13(20(2)19-11)15(21)18-14(17-12)9-5-7-10(16)8-6-9/h5-8H,3-4H2,1-2H3,(H,17,18,21). The van der Waals surface area contributed by atoms with Gasteiger partial charge in [0.25, 0.3) is 5.56 Å². The molecule has 2 aromatic heterocycles. The third-order valence-corrected chi connectivity index (χ3v) is 3.62. The number of nitrogens with zero attached hydrogens (tertiary/aromatic N) is 3. The Kier molecular flexibility index (Phi) is 3.51. The van der Waals surface area contributed by atoms with Crippen LogP contribution in [0.4, 0.5) is 0 Å². The molecule has 0 aliphatic carbocycles. The smallest absolute Gasteiger partial charge is 0.277 e. The number of H-pyrrole nitrogens is 1. The van der Waals surface area contributed by atoms with E-state index in [1.807, 2.05) is 12.1 Å². The van der Waals surface area contributed by atoms with Gasteiger partial charge in [0.15, 0.2) is 5.52 Å². The summed E-state index contributed by atoms with van der Waals surface area (Å²) in [6, 6.07) is 7.22. The molecule has 108 valence electrons. The van der Waals surface area contributed by atoms with Crippen LogP contribution in [-0.4, -0.2) is 19.7 Å². The molecule has 21 heavy (non-hydrogen) atoms. The largest absolute Gasteiger partial charge is 0.305 e. The van der Waals surface area contributed by atoms with E-state index >= 15 is 0 Å². The first-order valence-electron chi connectivity index (χ1n) is 6.82. The second-order valence-corrected chi connectivity index (χ2v) is 5.38. The van der Waals surface area contributed by atoms with Crippen molar-refractivity contribution in [3.8, 4) is 11.4 Å². The van der Waals surface area contributed by atoms with Crippen molar-refractivity contribution in [2.24, 2.45) is 7.05 Å². The van der Waals surface area contributed by atoms with Crippen molar-refractivity contribution in [1.29, 1.82) is 0 Å². The number of hydrogen-bond donors (Lipinski definition) is 1. The topological polar surface area (TPSA) is 63.6 Å². The summed E-state index contributed by atoms with van der Waals surface area (Å²) < 4.78 is 1.60. The van der Waals surface area contributed by atoms with Gasteiger partial charge in [0, 0.05) is 17.6 Å². The van der Waals surface area contributed by atoms with Gasteiger partial charge in [-0.1, -0.05) is 24.9 Å². The third kappa shape index (κ3) is 2.45. The average Bonchev–Trinajstić information content (AvgIpc) is 2.77. The molecule has 6 heteroatoms. The van der Waals surface area contributed by atoms with Crippen molar-refractivity contribution in [3.05, 3.63) is 45.3 Å². The predicted octanol–water partition coefficient (Wildman–Crippen LogP) is 2.93. The zero-order valence-electron chi connectivity index (χ0n) is 11.9. The van der Waals surface area contributed by atoms with Crippen molar-refractivity contribution in [3.63, 3.8) is 0 Å². The van der Waals surface area contributed by atoms with Crippen LogP contribution in [0.15, 0.2) is 29.1 Å². The van der Waals surface area contributed by atoms with Crippen molar-refractivity contribution < 1.29 is 0 Å². The number of hydrogen-bond acceptors (Lipinski definition) is 3. The molecule has 0 spiro atoms. The maximum atomic E-state index is 12.3. The van der Waals surface area contributed by atoms with Gasteiger partial charge in [0.05, 0.1) is 5.69 Å². The molecule has 0 amide bonds. The van der Waals surface area contributed by atoms with E-state index in [0.29, 0.717) is 21.9 Å². The number of aromatic amines is 1. The molecular formula is C15H15ClN4O. The van der Waals surface area contributed by atoms with Crippen LogP contribution >= 0.6 is 11.6 Å². The van der Waals surface area contributed by atoms with E-state index in [1.54, 1.807) is 23.9 Å². The van der Waals surface area contributed by atoms with Crippen LogP contribution in [0.25, 0.3) is 22.4 Å². The van der Waals surface area contributed by atoms with Crippen LogP contribution in [0, 0.1) is 0 Å². The van der Waals surface area contributed by atoms with Gasteiger partial charge in [-0.05, 0) is 30.7 Å². The minimum Gasteiger partial charge on any atom is -0.305 e. The predicted molar refractivity (Wildman–Crippen MR) is 83.6 cm³/mol. The highest BCUT2D eigenvalue weighted by molar-refractivity contribution is 6.30. The van der Waals surface area contributed by atoms with Crippen LogP contribution in [0.2, 0.25) is 5.02 Å². The number of nitrogens with one attached hydrogen (secondary N) is 1. The lowest BCUT2D eigenvalue weighted by Gasteiger charge is -2.02. The normalized spacial score (nSPS) is 11.2. The molecule has 0 bridgehead atoms. The number of aryl methyl sites for hydroxylation is 2. The molecule has 2 heterocycles. The van der Waals surface area contributed by atoms with Gasteiger partial charge in [0.2, 0.25) is 0 Å². The van der Waals surface area contributed by atoms with Crippen molar-refractivity contribution in [2.75, 3.05) is 0 Å². The summed E-state index contributed by atoms with van der Waals surface area (Å²) in [4.78, 5) is 19.7. The Morgan fingerprint density at radius 2 is 2.00 bits per heavy atom. The number of rotatable bonds is 3. The quantitative estimate of drug-likeness (QED) is 0.809. The van der Waals surface area contributed by atoms with E-state index in [4.69, 9.17) is 11.6 Å². The summed E-state index contributed by atoms with van der Waals surface area (Å²) in [7, 11) is 1.76.